The third-order valence-electron chi connectivity index (χ3n) is 6.08. The van der Waals surface area contributed by atoms with Crippen LogP contribution in [0.5, 0.6) is 0 Å². The molecule has 0 radical (unpaired) electrons. The number of hydrogen-bond donors (Lipinski definition) is 2. The molecule has 1 aliphatic rings. The molecule has 7 nitrogen and oxygen atoms in total. The van der Waals surface area contributed by atoms with Crippen molar-refractivity contribution in [1.82, 2.24) is 14.9 Å². The first-order valence-corrected chi connectivity index (χ1v) is 13.4. The SMILES string of the molecule is CC(C)CCn1cnc2sc3c(c2c1=O)CCC(NCCc1ccc(S(N)(=O)=O)cc1)C3. The zero-order valence-corrected chi connectivity index (χ0v) is 20.1. The Balaban J connectivity index is 1.39. The molecule has 9 heteroatoms. The number of aryl methyl sites for hydroxylation is 2. The van der Waals surface area contributed by atoms with Gasteiger partial charge in [0.25, 0.3) is 5.56 Å². The largest absolute Gasteiger partial charge is 0.313 e. The summed E-state index contributed by atoms with van der Waals surface area (Å²) in [4.78, 5) is 19.9. The molecule has 0 bridgehead atoms. The van der Waals surface area contributed by atoms with E-state index in [0.29, 0.717) is 18.5 Å². The van der Waals surface area contributed by atoms with Gasteiger partial charge in [-0.1, -0.05) is 26.0 Å². The van der Waals surface area contributed by atoms with Gasteiger partial charge in [-0.25, -0.2) is 18.5 Å². The Morgan fingerprint density at radius 2 is 2.03 bits per heavy atom. The molecule has 172 valence electrons. The Kier molecular flexibility index (Phi) is 6.80. The average molecular weight is 475 g/mol. The van der Waals surface area contributed by atoms with Gasteiger partial charge in [-0.05, 0) is 67.8 Å². The lowest BCUT2D eigenvalue weighted by molar-refractivity contribution is 0.466. The van der Waals surface area contributed by atoms with Crippen molar-refractivity contribution in [1.29, 1.82) is 0 Å². The van der Waals surface area contributed by atoms with Crippen molar-refractivity contribution in [2.45, 2.75) is 63.4 Å². The average Bonchev–Trinajstić information content (AvgIpc) is 3.11. The van der Waals surface area contributed by atoms with Crippen LogP contribution in [0, 0.1) is 5.92 Å². The fourth-order valence-corrected chi connectivity index (χ4v) is 5.97. The van der Waals surface area contributed by atoms with Crippen LogP contribution in [-0.4, -0.2) is 30.6 Å². The van der Waals surface area contributed by atoms with E-state index in [4.69, 9.17) is 5.14 Å². The van der Waals surface area contributed by atoms with Gasteiger partial charge in [0.15, 0.2) is 0 Å². The minimum Gasteiger partial charge on any atom is -0.313 e. The van der Waals surface area contributed by atoms with Crippen LogP contribution in [0.25, 0.3) is 10.2 Å². The van der Waals surface area contributed by atoms with E-state index in [0.717, 1.165) is 54.4 Å². The molecule has 3 aromatic rings. The summed E-state index contributed by atoms with van der Waals surface area (Å²) in [7, 11) is -3.65. The van der Waals surface area contributed by atoms with E-state index in [2.05, 4.69) is 24.1 Å². The smallest absolute Gasteiger partial charge is 0.262 e. The quantitative estimate of drug-likeness (QED) is 0.522. The maximum Gasteiger partial charge on any atom is 0.262 e. The van der Waals surface area contributed by atoms with Gasteiger partial charge >= 0.3 is 0 Å². The van der Waals surface area contributed by atoms with E-state index >= 15 is 0 Å². The van der Waals surface area contributed by atoms with Gasteiger partial charge in [0, 0.05) is 17.5 Å². The lowest BCUT2D eigenvalue weighted by Gasteiger charge is -2.23. The molecule has 0 saturated heterocycles. The van der Waals surface area contributed by atoms with Crippen molar-refractivity contribution in [3.8, 4) is 0 Å². The molecule has 2 heterocycles. The molecule has 2 aromatic heterocycles. The minimum absolute atomic E-state index is 0.0995. The van der Waals surface area contributed by atoms with Gasteiger partial charge in [-0.3, -0.25) is 9.36 Å². The van der Waals surface area contributed by atoms with Crippen LogP contribution in [0.4, 0.5) is 0 Å². The maximum atomic E-state index is 13.0. The summed E-state index contributed by atoms with van der Waals surface area (Å²) in [6.45, 7) is 5.85. The number of benzene rings is 1. The number of sulfonamides is 1. The minimum atomic E-state index is -3.65. The van der Waals surface area contributed by atoms with Crippen LogP contribution >= 0.6 is 11.3 Å². The molecule has 1 atom stereocenters. The second-order valence-electron chi connectivity index (χ2n) is 8.94. The van der Waals surface area contributed by atoms with Crippen LogP contribution in [0.3, 0.4) is 0 Å². The first-order valence-electron chi connectivity index (χ1n) is 11.1. The highest BCUT2D eigenvalue weighted by Crippen LogP contribution is 2.33. The number of hydrogen-bond acceptors (Lipinski definition) is 6. The van der Waals surface area contributed by atoms with Crippen molar-refractivity contribution < 1.29 is 8.42 Å². The van der Waals surface area contributed by atoms with Gasteiger partial charge < -0.3 is 5.32 Å². The van der Waals surface area contributed by atoms with E-state index in [9.17, 15) is 13.2 Å². The third kappa shape index (κ3) is 5.11. The van der Waals surface area contributed by atoms with Gasteiger partial charge in [-0.15, -0.1) is 11.3 Å². The summed E-state index contributed by atoms with van der Waals surface area (Å²) in [6.07, 6.45) is 6.27. The predicted octanol–water partition coefficient (Wildman–Crippen LogP) is 2.84. The number of thiophene rings is 1. The Morgan fingerprint density at radius 3 is 2.72 bits per heavy atom. The Labute approximate surface area is 192 Å². The van der Waals surface area contributed by atoms with Gasteiger partial charge in [0.05, 0.1) is 16.6 Å². The second kappa shape index (κ2) is 9.43. The molecular formula is C23H30N4O3S2. The van der Waals surface area contributed by atoms with E-state index in [-0.39, 0.29) is 10.5 Å². The summed E-state index contributed by atoms with van der Waals surface area (Å²) in [5.74, 6) is 0.549. The zero-order chi connectivity index (χ0) is 22.9. The molecule has 1 aliphatic carbocycles. The zero-order valence-electron chi connectivity index (χ0n) is 18.5. The molecule has 0 saturated carbocycles. The van der Waals surface area contributed by atoms with Crippen molar-refractivity contribution in [2.75, 3.05) is 6.54 Å². The number of aromatic nitrogens is 2. The Bertz CT molecular complexity index is 1260. The van der Waals surface area contributed by atoms with Crippen LogP contribution < -0.4 is 16.0 Å². The normalized spacial score (nSPS) is 16.6. The summed E-state index contributed by atoms with van der Waals surface area (Å²) in [5.41, 5.74) is 2.36. The monoisotopic (exact) mass is 474 g/mol. The molecule has 0 fully saturated rings. The van der Waals surface area contributed by atoms with E-state index in [1.165, 1.54) is 10.4 Å². The second-order valence-corrected chi connectivity index (χ2v) is 11.6. The van der Waals surface area contributed by atoms with E-state index < -0.39 is 10.0 Å². The molecule has 4 rings (SSSR count). The van der Waals surface area contributed by atoms with Crippen molar-refractivity contribution in [3.63, 3.8) is 0 Å². The molecular weight excluding hydrogens is 444 g/mol. The summed E-state index contributed by atoms with van der Waals surface area (Å²) < 4.78 is 24.5. The fourth-order valence-electron chi connectivity index (χ4n) is 4.20. The van der Waals surface area contributed by atoms with Crippen LogP contribution in [0.15, 0.2) is 40.3 Å². The van der Waals surface area contributed by atoms with Gasteiger partial charge in [-0.2, -0.15) is 0 Å². The predicted molar refractivity (Wildman–Crippen MR) is 129 cm³/mol. The molecule has 3 N–H and O–H groups in total. The van der Waals surface area contributed by atoms with Crippen molar-refractivity contribution >= 4 is 31.6 Å². The van der Waals surface area contributed by atoms with Crippen molar-refractivity contribution in [3.05, 3.63) is 57.0 Å². The van der Waals surface area contributed by atoms with Gasteiger partial charge in [0.1, 0.15) is 4.83 Å². The number of primary sulfonamides is 1. The lowest BCUT2D eigenvalue weighted by atomic mass is 9.93. The van der Waals surface area contributed by atoms with Crippen LogP contribution in [0.1, 0.15) is 42.7 Å². The standard InChI is InChI=1S/C23H30N4O3S2/c1-15(2)10-12-27-14-26-22-21(23(27)28)19-8-5-17(13-20(19)31-22)25-11-9-16-3-6-18(7-4-16)32(24,29)30/h3-4,6-7,14-15,17,25H,5,8-13H2,1-2H3,(H2,24,29,30). The molecule has 1 unspecified atom stereocenters. The molecule has 32 heavy (non-hydrogen) atoms. The number of rotatable bonds is 8. The summed E-state index contributed by atoms with van der Waals surface area (Å²) >= 11 is 1.65. The van der Waals surface area contributed by atoms with E-state index in [1.54, 1.807) is 34.4 Å². The topological polar surface area (TPSA) is 107 Å². The first kappa shape index (κ1) is 23.1. The van der Waals surface area contributed by atoms with Crippen LogP contribution in [0.2, 0.25) is 0 Å². The molecule has 1 aromatic carbocycles. The van der Waals surface area contributed by atoms with Crippen LogP contribution in [-0.2, 0) is 35.8 Å². The Hall–Kier alpha value is -2.07. The highest BCUT2D eigenvalue weighted by Gasteiger charge is 2.25. The highest BCUT2D eigenvalue weighted by molar-refractivity contribution is 7.89. The Morgan fingerprint density at radius 1 is 1.28 bits per heavy atom. The number of nitrogens with zero attached hydrogens (tertiary/aromatic N) is 2. The highest BCUT2D eigenvalue weighted by atomic mass is 32.2. The van der Waals surface area contributed by atoms with Gasteiger partial charge in [0.2, 0.25) is 10.0 Å². The maximum absolute atomic E-state index is 13.0. The fraction of sp³-hybridized carbons (Fsp3) is 0.478. The first-order chi connectivity index (χ1) is 15.2. The summed E-state index contributed by atoms with van der Waals surface area (Å²) in [6, 6.07) is 7.08. The molecule has 0 aliphatic heterocycles. The summed E-state index contributed by atoms with van der Waals surface area (Å²) in [5, 5.41) is 9.59. The third-order valence-corrected chi connectivity index (χ3v) is 8.17. The number of fused-ring (bicyclic) bond motifs is 3. The van der Waals surface area contributed by atoms with E-state index in [1.807, 2.05) is 12.1 Å². The lowest BCUT2D eigenvalue weighted by Crippen LogP contribution is -2.35. The molecule has 0 spiro atoms. The molecule has 0 amide bonds. The number of nitrogens with one attached hydrogen (secondary N) is 1. The van der Waals surface area contributed by atoms with Crippen molar-refractivity contribution in [2.24, 2.45) is 11.1 Å². The number of nitrogens with two attached hydrogens (primary N) is 1.